The minimum absolute atomic E-state index is 0.146. The van der Waals surface area contributed by atoms with Crippen LogP contribution in [0.5, 0.6) is 0 Å². The number of H-pyrrole nitrogens is 1. The summed E-state index contributed by atoms with van der Waals surface area (Å²) < 4.78 is 13.1. The van der Waals surface area contributed by atoms with Crippen molar-refractivity contribution >= 4 is 28.7 Å². The Kier molecular flexibility index (Phi) is 7.59. The molecule has 1 N–H and O–H groups in total. The smallest absolute Gasteiger partial charge is 0.375 e. The zero-order valence-corrected chi connectivity index (χ0v) is 23.2. The molecule has 0 radical (unpaired) electrons. The normalized spacial score (nSPS) is 21.5. The van der Waals surface area contributed by atoms with Crippen LogP contribution in [-0.2, 0) is 11.3 Å². The van der Waals surface area contributed by atoms with Gasteiger partial charge in [-0.3, -0.25) is 9.51 Å². The van der Waals surface area contributed by atoms with Crippen molar-refractivity contribution in [2.45, 2.75) is 58.1 Å². The molecule has 0 bridgehead atoms. The number of halogens is 1. The minimum atomic E-state index is -0.674. The molecule has 1 aliphatic carbocycles. The third kappa shape index (κ3) is 5.36. The highest BCUT2D eigenvalue weighted by molar-refractivity contribution is 6.30. The van der Waals surface area contributed by atoms with Crippen LogP contribution in [-0.4, -0.2) is 55.5 Å². The predicted molar refractivity (Wildman–Crippen MR) is 153 cm³/mol. The summed E-state index contributed by atoms with van der Waals surface area (Å²) in [5, 5.41) is 4.42. The lowest BCUT2D eigenvalue weighted by Gasteiger charge is -2.34. The van der Waals surface area contributed by atoms with E-state index in [0.717, 1.165) is 75.2 Å². The summed E-state index contributed by atoms with van der Waals surface area (Å²) in [7, 11) is 0. The van der Waals surface area contributed by atoms with Crippen molar-refractivity contribution in [2.24, 2.45) is 11.8 Å². The molecule has 0 unspecified atom stereocenters. The van der Waals surface area contributed by atoms with Crippen LogP contribution >= 0.6 is 11.6 Å². The number of rotatable bonds is 7. The van der Waals surface area contributed by atoms with E-state index in [0.29, 0.717) is 34.8 Å². The van der Waals surface area contributed by atoms with Gasteiger partial charge in [-0.05, 0) is 50.2 Å². The van der Waals surface area contributed by atoms with E-state index in [1.54, 1.807) is 0 Å². The second kappa shape index (κ2) is 11.4. The number of benzene rings is 1. The summed E-state index contributed by atoms with van der Waals surface area (Å²) >= 11 is 6.42. The Morgan fingerprint density at radius 1 is 1.20 bits per heavy atom. The molecule has 11 heteroatoms. The van der Waals surface area contributed by atoms with Gasteiger partial charge in [0.2, 0.25) is 17.6 Å². The average Bonchev–Trinajstić information content (AvgIpc) is 3.57. The van der Waals surface area contributed by atoms with Gasteiger partial charge in [-0.15, -0.1) is 12.3 Å². The van der Waals surface area contributed by atoms with Gasteiger partial charge >= 0.3 is 5.76 Å². The number of aromatic nitrogens is 6. The van der Waals surface area contributed by atoms with E-state index in [1.165, 1.54) is 0 Å². The summed E-state index contributed by atoms with van der Waals surface area (Å²) in [6, 6.07) is 7.56. The molecule has 1 aromatic carbocycles. The number of imidazole rings is 1. The quantitative estimate of drug-likeness (QED) is 0.316. The Labute approximate surface area is 237 Å². The van der Waals surface area contributed by atoms with E-state index < -0.39 is 5.76 Å². The third-order valence-corrected chi connectivity index (χ3v) is 8.12. The molecule has 1 aliphatic heterocycles. The van der Waals surface area contributed by atoms with Crippen molar-refractivity contribution in [1.82, 2.24) is 29.7 Å². The Morgan fingerprint density at radius 2 is 2.05 bits per heavy atom. The molecule has 4 aromatic rings. The molecular formula is C29H32ClN7O3. The molecule has 4 heterocycles. The topological polar surface area (TPSA) is 115 Å². The summed E-state index contributed by atoms with van der Waals surface area (Å²) in [4.78, 5) is 31.3. The van der Waals surface area contributed by atoms with E-state index in [4.69, 9.17) is 42.2 Å². The van der Waals surface area contributed by atoms with Crippen molar-refractivity contribution in [1.29, 1.82) is 0 Å². The van der Waals surface area contributed by atoms with Gasteiger partial charge in [0.25, 0.3) is 0 Å². The number of hydrogen-bond acceptors (Lipinski definition) is 8. The van der Waals surface area contributed by atoms with Gasteiger partial charge in [0.15, 0.2) is 5.65 Å². The fourth-order valence-corrected chi connectivity index (χ4v) is 6.07. The first-order valence-corrected chi connectivity index (χ1v) is 14.3. The molecule has 40 heavy (non-hydrogen) atoms. The Morgan fingerprint density at radius 3 is 2.77 bits per heavy atom. The molecule has 0 spiro atoms. The van der Waals surface area contributed by atoms with Crippen molar-refractivity contribution in [3.8, 4) is 35.2 Å². The Hall–Kier alpha value is -3.68. The second-order valence-electron chi connectivity index (χ2n) is 10.7. The molecule has 1 saturated carbocycles. The molecule has 0 amide bonds. The van der Waals surface area contributed by atoms with Crippen molar-refractivity contribution < 1.29 is 9.26 Å². The van der Waals surface area contributed by atoms with Crippen molar-refractivity contribution in [3.05, 3.63) is 39.8 Å². The zero-order chi connectivity index (χ0) is 27.6. The summed E-state index contributed by atoms with van der Waals surface area (Å²) in [6.45, 7) is 5.07. The van der Waals surface area contributed by atoms with Crippen LogP contribution < -0.4 is 10.7 Å². The molecule has 2 aliphatic rings. The number of morpholine rings is 1. The van der Waals surface area contributed by atoms with Crippen molar-refractivity contribution in [3.63, 3.8) is 0 Å². The van der Waals surface area contributed by atoms with E-state index in [2.05, 4.69) is 32.5 Å². The lowest BCUT2D eigenvalue weighted by molar-refractivity contribution is 0.0340. The number of aromatic amines is 1. The van der Waals surface area contributed by atoms with Crippen LogP contribution in [0.3, 0.4) is 0 Å². The van der Waals surface area contributed by atoms with Gasteiger partial charge in [-0.2, -0.15) is 4.98 Å². The van der Waals surface area contributed by atoms with E-state index in [9.17, 15) is 4.79 Å². The molecular weight excluding hydrogens is 530 g/mol. The van der Waals surface area contributed by atoms with Crippen LogP contribution in [0, 0.1) is 24.2 Å². The maximum absolute atomic E-state index is 11.7. The van der Waals surface area contributed by atoms with Gasteiger partial charge in [0.1, 0.15) is 11.2 Å². The highest BCUT2D eigenvalue weighted by atomic mass is 35.5. The lowest BCUT2D eigenvalue weighted by Crippen LogP contribution is -2.43. The summed E-state index contributed by atoms with van der Waals surface area (Å²) in [5.74, 6) is 4.29. The van der Waals surface area contributed by atoms with E-state index in [-0.39, 0.29) is 17.8 Å². The number of nitrogens with zero attached hydrogens (tertiary/aromatic N) is 6. The first-order valence-electron chi connectivity index (χ1n) is 14.0. The molecule has 10 nitrogen and oxygen atoms in total. The molecule has 6 rings (SSSR count). The Bertz CT molecular complexity index is 1590. The average molecular weight is 562 g/mol. The fraction of sp³-hybridized carbons (Fsp3) is 0.483. The Balaban J connectivity index is 1.52. The number of terminal acetylenes is 1. The monoisotopic (exact) mass is 561 g/mol. The van der Waals surface area contributed by atoms with Gasteiger partial charge < -0.3 is 14.2 Å². The number of hydrogen-bond donors (Lipinski definition) is 1. The number of anilines is 1. The van der Waals surface area contributed by atoms with E-state index in [1.807, 2.05) is 24.3 Å². The molecule has 208 valence electrons. The summed E-state index contributed by atoms with van der Waals surface area (Å²) in [6.07, 6.45) is 12.1. The molecule has 1 atom stereocenters. The fourth-order valence-electron chi connectivity index (χ4n) is 5.88. The van der Waals surface area contributed by atoms with Crippen LogP contribution in [0.4, 0.5) is 5.95 Å². The third-order valence-electron chi connectivity index (χ3n) is 7.89. The number of ether oxygens (including phenoxy) is 1. The largest absolute Gasteiger partial charge is 0.439 e. The predicted octanol–water partition coefficient (Wildman–Crippen LogP) is 4.93. The van der Waals surface area contributed by atoms with Gasteiger partial charge in [-0.25, -0.2) is 14.8 Å². The molecule has 1 saturated heterocycles. The van der Waals surface area contributed by atoms with Crippen LogP contribution in [0.15, 0.2) is 33.6 Å². The highest BCUT2D eigenvalue weighted by Gasteiger charge is 2.30. The SMILES string of the molecule is C#CC1CCC(Cn2c(N3CCO[C@H](CCC)C3)nc3nc(-c4noc(=O)[nH]4)nc(-c4cccc(Cl)c4)c32)CC1. The highest BCUT2D eigenvalue weighted by Crippen LogP contribution is 2.36. The lowest BCUT2D eigenvalue weighted by atomic mass is 9.82. The molecule has 3 aromatic heterocycles. The van der Waals surface area contributed by atoms with Gasteiger partial charge in [0.05, 0.1) is 12.7 Å². The standard InChI is InChI=1S/C29H32ClN7O3/c1-3-6-22-17-36(13-14-39-22)28-33-25-24(37(28)16-19-11-9-18(4-2)10-12-19)23(20-7-5-8-21(30)15-20)31-26(32-25)27-34-29(38)40-35-27/h2,5,7-8,15,18-19,22H,3,6,9-14,16-17H2,1H3,(H,34,35,38)/t18?,19?,22-/m1/s1. The van der Waals surface area contributed by atoms with Crippen LogP contribution in [0.1, 0.15) is 45.4 Å². The first-order chi connectivity index (χ1) is 19.5. The van der Waals surface area contributed by atoms with Gasteiger partial charge in [-0.1, -0.05) is 42.2 Å². The summed E-state index contributed by atoms with van der Waals surface area (Å²) in [5.41, 5.74) is 2.83. The first kappa shape index (κ1) is 26.5. The minimum Gasteiger partial charge on any atom is -0.375 e. The van der Waals surface area contributed by atoms with Crippen LogP contribution in [0.25, 0.3) is 34.1 Å². The van der Waals surface area contributed by atoms with E-state index >= 15 is 0 Å². The van der Waals surface area contributed by atoms with Crippen molar-refractivity contribution in [2.75, 3.05) is 24.6 Å². The zero-order valence-electron chi connectivity index (χ0n) is 22.5. The maximum Gasteiger partial charge on any atom is 0.439 e. The van der Waals surface area contributed by atoms with Crippen LogP contribution in [0.2, 0.25) is 5.02 Å². The second-order valence-corrected chi connectivity index (χ2v) is 11.1. The van der Waals surface area contributed by atoms with Gasteiger partial charge in [0, 0.05) is 36.1 Å². The number of nitrogens with one attached hydrogen (secondary N) is 1. The molecule has 2 fully saturated rings. The number of fused-ring (bicyclic) bond motifs is 1. The maximum atomic E-state index is 11.7.